The average Bonchev–Trinajstić information content (AvgIpc) is 3.49. The number of aromatic nitrogens is 1. The number of ether oxygens (including phenoxy) is 2. The fourth-order valence-corrected chi connectivity index (χ4v) is 5.78. The minimum atomic E-state index is -0.924. The molecule has 1 aliphatic rings. The summed E-state index contributed by atoms with van der Waals surface area (Å²) in [7, 11) is 0. The molecule has 5 aromatic rings. The van der Waals surface area contributed by atoms with Gasteiger partial charge in [-0.2, -0.15) is 0 Å². The van der Waals surface area contributed by atoms with Gasteiger partial charge in [-0.25, -0.2) is 4.79 Å². The number of carboxylic acid groups (broad SMARTS) is 1. The van der Waals surface area contributed by atoms with E-state index in [0.717, 1.165) is 76.5 Å². The van der Waals surface area contributed by atoms with Gasteiger partial charge in [0, 0.05) is 39.1 Å². The second-order valence-electron chi connectivity index (χ2n) is 11.0. The number of carbonyl (C=O) groups is 3. The monoisotopic (exact) mass is 679 g/mol. The largest absolute Gasteiger partial charge is 0.489 e. The summed E-state index contributed by atoms with van der Waals surface area (Å²) in [6.45, 7) is 3.62. The Morgan fingerprint density at radius 2 is 1.41 bits per heavy atom. The number of aryl methyl sites for hydroxylation is 1. The lowest BCUT2D eigenvalue weighted by molar-refractivity contribution is 0.0695. The highest BCUT2D eigenvalue weighted by molar-refractivity contribution is 9.10. The van der Waals surface area contributed by atoms with Crippen molar-refractivity contribution in [2.75, 3.05) is 0 Å². The molecule has 1 N–H and O–H groups in total. The van der Waals surface area contributed by atoms with E-state index >= 15 is 0 Å². The number of aldehydes is 2. The van der Waals surface area contributed by atoms with E-state index in [1.54, 1.807) is 18.2 Å². The van der Waals surface area contributed by atoms with Gasteiger partial charge in [-0.1, -0.05) is 60.7 Å². The number of halogens is 1. The number of carbonyl (C=O) groups excluding carboxylic acids is 2. The first-order valence-electron chi connectivity index (χ1n) is 15.0. The molecule has 0 spiro atoms. The van der Waals surface area contributed by atoms with Crippen LogP contribution in [0.3, 0.4) is 0 Å². The molecule has 0 aliphatic carbocycles. The van der Waals surface area contributed by atoms with Gasteiger partial charge in [-0.05, 0) is 95.2 Å². The number of benzene rings is 4. The van der Waals surface area contributed by atoms with Crippen LogP contribution < -0.4 is 9.47 Å². The molecule has 0 atom stereocenters. The molecular formula is C38H34BrNO6. The third-order valence-corrected chi connectivity index (χ3v) is 8.87. The molecule has 0 saturated heterocycles. The van der Waals surface area contributed by atoms with Crippen molar-refractivity contribution in [2.24, 2.45) is 0 Å². The number of fused-ring (bicyclic) bond motifs is 1. The van der Waals surface area contributed by atoms with Gasteiger partial charge < -0.3 is 19.1 Å². The predicted molar refractivity (Wildman–Crippen MR) is 181 cm³/mol. The number of nitrogens with zero attached hydrogens (tertiary/aromatic N) is 1. The molecule has 234 valence electrons. The molecule has 1 aromatic heterocycles. The van der Waals surface area contributed by atoms with E-state index in [1.807, 2.05) is 90.4 Å². The Labute approximate surface area is 276 Å². The second-order valence-corrected chi connectivity index (χ2v) is 11.8. The number of aromatic carboxylic acids is 1. The first-order valence-corrected chi connectivity index (χ1v) is 15.8. The summed E-state index contributed by atoms with van der Waals surface area (Å²) >= 11 is 3.38. The maximum absolute atomic E-state index is 11.8. The molecule has 7 nitrogen and oxygen atoms in total. The smallest absolute Gasteiger partial charge is 0.337 e. The number of carboxylic acids is 1. The van der Waals surface area contributed by atoms with E-state index in [0.29, 0.717) is 41.4 Å². The van der Waals surface area contributed by atoms with Crippen LogP contribution in [0.2, 0.25) is 0 Å². The van der Waals surface area contributed by atoms with Crippen molar-refractivity contribution < 1.29 is 29.0 Å². The van der Waals surface area contributed by atoms with Gasteiger partial charge in [-0.3, -0.25) is 9.59 Å². The highest BCUT2D eigenvalue weighted by Crippen LogP contribution is 2.34. The Morgan fingerprint density at radius 1 is 0.804 bits per heavy atom. The van der Waals surface area contributed by atoms with Gasteiger partial charge in [0.1, 0.15) is 24.7 Å². The van der Waals surface area contributed by atoms with Gasteiger partial charge in [0.15, 0.2) is 12.6 Å². The zero-order valence-electron chi connectivity index (χ0n) is 25.4. The SMILES string of the molecule is Cc1cc(OCc2ccccc2)cc(C=O)c1Br.O=Cc1cc(OCc2ccccc2)ccc1-c1cc(C(=O)O)c2n1CCCC2. The van der Waals surface area contributed by atoms with Crippen LogP contribution in [0.25, 0.3) is 11.3 Å². The number of rotatable bonds is 10. The lowest BCUT2D eigenvalue weighted by Crippen LogP contribution is -2.13. The van der Waals surface area contributed by atoms with Crippen LogP contribution in [0.5, 0.6) is 11.5 Å². The summed E-state index contributed by atoms with van der Waals surface area (Å²) in [6, 6.07) is 30.5. The van der Waals surface area contributed by atoms with Gasteiger partial charge in [-0.15, -0.1) is 0 Å². The highest BCUT2D eigenvalue weighted by atomic mass is 79.9. The summed E-state index contributed by atoms with van der Waals surface area (Å²) in [6.07, 6.45) is 4.36. The Bertz CT molecular complexity index is 1830. The van der Waals surface area contributed by atoms with E-state index in [2.05, 4.69) is 15.9 Å². The Balaban J connectivity index is 0.000000200. The van der Waals surface area contributed by atoms with Crippen molar-refractivity contribution in [3.05, 3.63) is 141 Å². The quantitative estimate of drug-likeness (QED) is 0.148. The van der Waals surface area contributed by atoms with Crippen LogP contribution in [-0.2, 0) is 26.2 Å². The third kappa shape index (κ3) is 7.82. The van der Waals surface area contributed by atoms with Crippen LogP contribution >= 0.6 is 15.9 Å². The van der Waals surface area contributed by atoms with E-state index in [1.165, 1.54) is 0 Å². The fourth-order valence-electron chi connectivity index (χ4n) is 5.46. The zero-order chi connectivity index (χ0) is 32.5. The lowest BCUT2D eigenvalue weighted by atomic mass is 10.0. The summed E-state index contributed by atoms with van der Waals surface area (Å²) in [5, 5.41) is 9.55. The van der Waals surface area contributed by atoms with Crippen molar-refractivity contribution >= 4 is 34.5 Å². The topological polar surface area (TPSA) is 94.8 Å². The summed E-state index contributed by atoms with van der Waals surface area (Å²) in [4.78, 5) is 34.3. The maximum atomic E-state index is 11.8. The fraction of sp³-hybridized carbons (Fsp3) is 0.184. The Morgan fingerprint density at radius 3 is 2.02 bits per heavy atom. The molecule has 0 saturated carbocycles. The van der Waals surface area contributed by atoms with Crippen LogP contribution in [0, 0.1) is 6.92 Å². The predicted octanol–water partition coefficient (Wildman–Crippen LogP) is 8.73. The molecule has 4 aromatic carbocycles. The summed E-state index contributed by atoms with van der Waals surface area (Å²) < 4.78 is 14.4. The molecule has 6 rings (SSSR count). The molecule has 1 aliphatic heterocycles. The van der Waals surface area contributed by atoms with Gasteiger partial charge in [0.25, 0.3) is 0 Å². The van der Waals surface area contributed by atoms with Crippen LogP contribution in [-0.4, -0.2) is 28.2 Å². The minimum Gasteiger partial charge on any atom is -0.489 e. The normalized spacial score (nSPS) is 11.9. The molecule has 0 radical (unpaired) electrons. The molecule has 46 heavy (non-hydrogen) atoms. The molecule has 8 heteroatoms. The second kappa shape index (κ2) is 15.4. The van der Waals surface area contributed by atoms with Crippen LogP contribution in [0.1, 0.15) is 66.3 Å². The van der Waals surface area contributed by atoms with Crippen molar-refractivity contribution in [1.29, 1.82) is 0 Å². The molecule has 2 heterocycles. The third-order valence-electron chi connectivity index (χ3n) is 7.79. The average molecular weight is 681 g/mol. The van der Waals surface area contributed by atoms with Crippen molar-refractivity contribution in [3.8, 4) is 22.8 Å². The molecule has 0 unspecified atom stereocenters. The van der Waals surface area contributed by atoms with Crippen LogP contribution in [0.15, 0.2) is 102 Å². The summed E-state index contributed by atoms with van der Waals surface area (Å²) in [5.41, 5.74) is 6.93. The Hall–Kier alpha value is -4.95. The number of hydrogen-bond acceptors (Lipinski definition) is 5. The molecular weight excluding hydrogens is 646 g/mol. The Kier molecular flexibility index (Phi) is 10.8. The molecule has 0 amide bonds. The lowest BCUT2D eigenvalue weighted by Gasteiger charge is -2.19. The van der Waals surface area contributed by atoms with E-state index < -0.39 is 5.97 Å². The van der Waals surface area contributed by atoms with Gasteiger partial charge >= 0.3 is 5.97 Å². The minimum absolute atomic E-state index is 0.330. The first-order chi connectivity index (χ1) is 22.4. The van der Waals surface area contributed by atoms with Crippen molar-refractivity contribution in [1.82, 2.24) is 4.57 Å². The van der Waals surface area contributed by atoms with Crippen LogP contribution in [0.4, 0.5) is 0 Å². The van der Waals surface area contributed by atoms with Gasteiger partial charge in [0.05, 0.1) is 5.56 Å². The standard InChI is InChI=1S/C23H21NO4.C15H13BrO2/c25-14-17-12-18(28-15-16-6-2-1-3-7-16)9-10-19(17)22-13-20(23(26)27)21-8-4-5-11-24(21)22;1-11-7-14(8-13(9-17)15(11)16)18-10-12-5-3-2-4-6-12/h1-3,6-7,9-10,12-14H,4-5,8,11,15H2,(H,26,27);2-9H,10H2,1H3. The van der Waals surface area contributed by atoms with Crippen molar-refractivity contribution in [3.63, 3.8) is 0 Å². The molecule has 0 fully saturated rings. The highest BCUT2D eigenvalue weighted by Gasteiger charge is 2.24. The van der Waals surface area contributed by atoms with E-state index in [4.69, 9.17) is 9.47 Å². The molecule has 0 bridgehead atoms. The van der Waals surface area contributed by atoms with E-state index in [-0.39, 0.29) is 0 Å². The summed E-state index contributed by atoms with van der Waals surface area (Å²) in [5.74, 6) is 0.396. The first kappa shape index (κ1) is 32.4. The van der Waals surface area contributed by atoms with Gasteiger partial charge in [0.2, 0.25) is 0 Å². The van der Waals surface area contributed by atoms with Crippen molar-refractivity contribution in [2.45, 2.75) is 45.9 Å². The zero-order valence-corrected chi connectivity index (χ0v) is 27.0. The number of hydrogen-bond donors (Lipinski definition) is 1. The maximum Gasteiger partial charge on any atom is 0.337 e. The van der Waals surface area contributed by atoms with E-state index in [9.17, 15) is 19.5 Å².